The fourth-order valence-electron chi connectivity index (χ4n) is 4.08. The number of nitrogens with one attached hydrogen (secondary N) is 1. The van der Waals surface area contributed by atoms with E-state index in [0.29, 0.717) is 35.8 Å². The molecule has 1 aromatic heterocycles. The molecule has 1 saturated carbocycles. The van der Waals surface area contributed by atoms with E-state index in [0.717, 1.165) is 31.6 Å². The highest BCUT2D eigenvalue weighted by atomic mass is 35.5. The van der Waals surface area contributed by atoms with Crippen molar-refractivity contribution in [3.05, 3.63) is 52.9 Å². The zero-order valence-electron chi connectivity index (χ0n) is 17.7. The molecule has 168 valence electrons. The molecule has 2 aliphatic rings. The molecule has 1 N–H and O–H groups in total. The molecule has 0 spiro atoms. The highest BCUT2D eigenvalue weighted by molar-refractivity contribution is 7.89. The van der Waals surface area contributed by atoms with Crippen LogP contribution in [0.3, 0.4) is 0 Å². The number of piperidine rings is 1. The first-order valence-electron chi connectivity index (χ1n) is 10.8. The van der Waals surface area contributed by atoms with Gasteiger partial charge in [0.05, 0.1) is 5.02 Å². The number of carbonyl (C=O) groups excluding carboxylic acids is 1. The van der Waals surface area contributed by atoms with E-state index >= 15 is 0 Å². The van der Waals surface area contributed by atoms with E-state index in [9.17, 15) is 13.2 Å². The van der Waals surface area contributed by atoms with Crippen LogP contribution in [0.15, 0.2) is 45.7 Å². The van der Waals surface area contributed by atoms with Crippen molar-refractivity contribution in [2.45, 2.75) is 43.4 Å². The number of amides is 1. The molecular weight excluding hydrogens is 450 g/mol. The van der Waals surface area contributed by atoms with Crippen molar-refractivity contribution in [3.8, 4) is 0 Å². The van der Waals surface area contributed by atoms with Gasteiger partial charge in [-0.1, -0.05) is 18.5 Å². The molecule has 2 fully saturated rings. The van der Waals surface area contributed by atoms with Crippen LogP contribution in [0.2, 0.25) is 5.02 Å². The minimum absolute atomic E-state index is 0.0399. The summed E-state index contributed by atoms with van der Waals surface area (Å²) in [4.78, 5) is 17.4. The van der Waals surface area contributed by atoms with Crippen LogP contribution in [0.1, 0.15) is 54.8 Å². The standard InChI is InChI=1S/C23H24ClN3O4S/c1-14-3-2-10-27(13-14)32(29,30)21-11-16(6-8-18(21)24)22(28)25-17-7-9-20-19(12-17)26-23(31-20)15-4-5-15/h6-9,11-12,14-15H,2-5,10,13H2,1H3,(H,25,28). The molecular formula is C23H24ClN3O4S. The number of fused-ring (bicyclic) bond motifs is 1. The van der Waals surface area contributed by atoms with Crippen molar-refractivity contribution in [1.29, 1.82) is 0 Å². The maximum absolute atomic E-state index is 13.2. The number of benzene rings is 2. The molecule has 7 nitrogen and oxygen atoms in total. The van der Waals surface area contributed by atoms with Gasteiger partial charge in [-0.3, -0.25) is 4.79 Å². The van der Waals surface area contributed by atoms with Crippen molar-refractivity contribution in [3.63, 3.8) is 0 Å². The van der Waals surface area contributed by atoms with Gasteiger partial charge in [0.2, 0.25) is 10.0 Å². The Morgan fingerprint density at radius 1 is 1.19 bits per heavy atom. The molecule has 1 saturated heterocycles. The molecule has 32 heavy (non-hydrogen) atoms. The summed E-state index contributed by atoms with van der Waals surface area (Å²) in [6.45, 7) is 2.95. The van der Waals surface area contributed by atoms with Crippen molar-refractivity contribution < 1.29 is 17.6 Å². The lowest BCUT2D eigenvalue weighted by molar-refractivity contribution is 0.102. The fourth-order valence-corrected chi connectivity index (χ4v) is 6.18. The van der Waals surface area contributed by atoms with Gasteiger partial charge < -0.3 is 9.73 Å². The number of halogens is 1. The molecule has 1 aliphatic heterocycles. The van der Waals surface area contributed by atoms with Gasteiger partial charge in [-0.05, 0) is 68.0 Å². The summed E-state index contributed by atoms with van der Waals surface area (Å²) in [5, 5.41) is 2.92. The predicted molar refractivity (Wildman–Crippen MR) is 123 cm³/mol. The Morgan fingerprint density at radius 3 is 2.75 bits per heavy atom. The maximum Gasteiger partial charge on any atom is 0.255 e. The Hall–Kier alpha value is -2.42. The first kappa shape index (κ1) is 21.4. The van der Waals surface area contributed by atoms with Gasteiger partial charge in [0.25, 0.3) is 5.91 Å². The van der Waals surface area contributed by atoms with E-state index in [-0.39, 0.29) is 21.4 Å². The van der Waals surface area contributed by atoms with Gasteiger partial charge in [0, 0.05) is 30.3 Å². The van der Waals surface area contributed by atoms with E-state index in [1.54, 1.807) is 18.2 Å². The SMILES string of the molecule is CC1CCCN(S(=O)(=O)c2cc(C(=O)Nc3ccc4oc(C5CC5)nc4c3)ccc2Cl)C1. The van der Waals surface area contributed by atoms with Crippen LogP contribution in [-0.4, -0.2) is 36.7 Å². The molecule has 5 rings (SSSR count). The van der Waals surface area contributed by atoms with Gasteiger partial charge in [0.1, 0.15) is 10.4 Å². The van der Waals surface area contributed by atoms with Gasteiger partial charge in [-0.25, -0.2) is 13.4 Å². The monoisotopic (exact) mass is 473 g/mol. The van der Waals surface area contributed by atoms with E-state index in [1.807, 2.05) is 6.92 Å². The van der Waals surface area contributed by atoms with Crippen LogP contribution in [-0.2, 0) is 10.0 Å². The van der Waals surface area contributed by atoms with Gasteiger partial charge in [-0.2, -0.15) is 4.31 Å². The molecule has 2 aromatic carbocycles. The molecule has 1 aliphatic carbocycles. The Labute approximate surface area is 191 Å². The first-order chi connectivity index (χ1) is 15.3. The molecule has 1 atom stereocenters. The second-order valence-corrected chi connectivity index (χ2v) is 11.0. The summed E-state index contributed by atoms with van der Waals surface area (Å²) in [6.07, 6.45) is 3.99. The number of sulfonamides is 1. The molecule has 1 amide bonds. The maximum atomic E-state index is 13.2. The lowest BCUT2D eigenvalue weighted by Gasteiger charge is -2.30. The lowest BCUT2D eigenvalue weighted by Crippen LogP contribution is -2.39. The summed E-state index contributed by atoms with van der Waals surface area (Å²) in [5.74, 6) is 1.01. The number of oxazole rings is 1. The molecule has 9 heteroatoms. The summed E-state index contributed by atoms with van der Waals surface area (Å²) in [7, 11) is -3.78. The molecule has 2 heterocycles. The summed E-state index contributed by atoms with van der Waals surface area (Å²) < 4.78 is 33.6. The van der Waals surface area contributed by atoms with Crippen molar-refractivity contribution in [2.24, 2.45) is 5.92 Å². The third kappa shape index (κ3) is 4.14. The second-order valence-electron chi connectivity index (χ2n) is 8.72. The Balaban J connectivity index is 1.39. The van der Waals surface area contributed by atoms with E-state index in [4.69, 9.17) is 16.0 Å². The van der Waals surface area contributed by atoms with Crippen LogP contribution in [0, 0.1) is 5.92 Å². The van der Waals surface area contributed by atoms with Crippen molar-refractivity contribution in [1.82, 2.24) is 9.29 Å². The number of hydrogen-bond acceptors (Lipinski definition) is 5. The van der Waals surface area contributed by atoms with Crippen LogP contribution in [0.4, 0.5) is 5.69 Å². The zero-order chi connectivity index (χ0) is 22.5. The van der Waals surface area contributed by atoms with Gasteiger partial charge >= 0.3 is 0 Å². The van der Waals surface area contributed by atoms with Crippen molar-refractivity contribution >= 4 is 44.3 Å². The normalized spacial score (nSPS) is 19.9. The van der Waals surface area contributed by atoms with Crippen LogP contribution in [0.5, 0.6) is 0 Å². The average Bonchev–Trinajstić information content (AvgIpc) is 3.53. The quantitative estimate of drug-likeness (QED) is 0.560. The fraction of sp³-hybridized carbons (Fsp3) is 0.391. The molecule has 3 aromatic rings. The first-order valence-corrected chi connectivity index (χ1v) is 12.6. The van der Waals surface area contributed by atoms with Crippen LogP contribution >= 0.6 is 11.6 Å². The zero-order valence-corrected chi connectivity index (χ0v) is 19.2. The highest BCUT2D eigenvalue weighted by Gasteiger charge is 2.31. The smallest absolute Gasteiger partial charge is 0.255 e. The van der Waals surface area contributed by atoms with Crippen molar-refractivity contribution in [2.75, 3.05) is 18.4 Å². The van der Waals surface area contributed by atoms with Gasteiger partial charge in [0.15, 0.2) is 11.5 Å². The number of aromatic nitrogens is 1. The summed E-state index contributed by atoms with van der Waals surface area (Å²) >= 11 is 6.24. The Bertz CT molecular complexity index is 1300. The topological polar surface area (TPSA) is 92.5 Å². The number of hydrogen-bond donors (Lipinski definition) is 1. The van der Waals surface area contributed by atoms with E-state index in [1.165, 1.54) is 22.5 Å². The van der Waals surface area contributed by atoms with E-state index in [2.05, 4.69) is 10.3 Å². The molecule has 1 unspecified atom stereocenters. The van der Waals surface area contributed by atoms with Crippen LogP contribution < -0.4 is 5.32 Å². The van der Waals surface area contributed by atoms with Crippen LogP contribution in [0.25, 0.3) is 11.1 Å². The minimum Gasteiger partial charge on any atom is -0.440 e. The van der Waals surface area contributed by atoms with Gasteiger partial charge in [-0.15, -0.1) is 0 Å². The second kappa shape index (κ2) is 8.17. The van der Waals surface area contributed by atoms with E-state index < -0.39 is 15.9 Å². The largest absolute Gasteiger partial charge is 0.440 e. The number of rotatable bonds is 5. The Morgan fingerprint density at radius 2 is 2.00 bits per heavy atom. The number of anilines is 1. The molecule has 0 radical (unpaired) electrons. The summed E-state index contributed by atoms with van der Waals surface area (Å²) in [6, 6.07) is 9.61. The average molecular weight is 474 g/mol. The lowest BCUT2D eigenvalue weighted by atomic mass is 10.0. The predicted octanol–water partition coefficient (Wildman–Crippen LogP) is 5.03. The number of nitrogens with zero attached hydrogens (tertiary/aromatic N) is 2. The summed E-state index contributed by atoms with van der Waals surface area (Å²) in [5.41, 5.74) is 2.14. The molecule has 0 bridgehead atoms. The third-order valence-corrected chi connectivity index (χ3v) is 8.37. The highest BCUT2D eigenvalue weighted by Crippen LogP contribution is 2.40. The third-order valence-electron chi connectivity index (χ3n) is 6.02. The minimum atomic E-state index is -3.78. The Kier molecular flexibility index (Phi) is 5.47. The number of carbonyl (C=O) groups is 1.